The molecule has 1 atom stereocenters. The minimum absolute atomic E-state index is 0.0852. The van der Waals surface area contributed by atoms with Crippen LogP contribution in [0.3, 0.4) is 0 Å². The molecule has 2 rings (SSSR count). The number of nitrogens with one attached hydrogen (secondary N) is 3. The maximum atomic E-state index is 13.2. The van der Waals surface area contributed by atoms with E-state index in [0.717, 1.165) is 6.42 Å². The molecule has 0 saturated heterocycles. The van der Waals surface area contributed by atoms with Gasteiger partial charge in [-0.2, -0.15) is 0 Å². The standard InChI is InChI=1S/C22H26BrN3O3/c1-3-11-18(23)19(27)26-22(4-2,20(28)24-16-12-7-5-8-13-16)21(29)25-17-14-9-6-10-15-17/h5-10,12-15,18H,3-4,11H2,1-2H3,(H,24,28)(H,25,29)(H,26,27). The molecule has 0 aromatic heterocycles. The molecular weight excluding hydrogens is 434 g/mol. The lowest BCUT2D eigenvalue weighted by Crippen LogP contribution is -2.64. The van der Waals surface area contributed by atoms with E-state index in [-0.39, 0.29) is 6.42 Å². The van der Waals surface area contributed by atoms with Gasteiger partial charge in [0.15, 0.2) is 5.54 Å². The third kappa shape index (κ3) is 5.90. The summed E-state index contributed by atoms with van der Waals surface area (Å²) in [5.74, 6) is -1.59. The van der Waals surface area contributed by atoms with Crippen molar-refractivity contribution in [3.05, 3.63) is 60.7 Å². The van der Waals surface area contributed by atoms with Crippen molar-refractivity contribution in [1.82, 2.24) is 5.32 Å². The zero-order valence-corrected chi connectivity index (χ0v) is 18.2. The molecule has 0 heterocycles. The van der Waals surface area contributed by atoms with Gasteiger partial charge in [0.05, 0.1) is 4.83 Å². The van der Waals surface area contributed by atoms with Gasteiger partial charge in [0.25, 0.3) is 11.8 Å². The Morgan fingerprint density at radius 1 is 0.862 bits per heavy atom. The second-order valence-electron chi connectivity index (χ2n) is 6.64. The zero-order valence-electron chi connectivity index (χ0n) is 16.6. The third-order valence-corrected chi connectivity index (χ3v) is 5.41. The Bertz CT molecular complexity index is 774. The third-order valence-electron chi connectivity index (χ3n) is 4.53. The SMILES string of the molecule is CCCC(Br)C(=O)NC(CC)(C(=O)Nc1ccccc1)C(=O)Nc1ccccc1. The monoisotopic (exact) mass is 459 g/mol. The van der Waals surface area contributed by atoms with Gasteiger partial charge in [-0.1, -0.05) is 72.6 Å². The second-order valence-corrected chi connectivity index (χ2v) is 7.75. The minimum atomic E-state index is -1.76. The van der Waals surface area contributed by atoms with E-state index in [4.69, 9.17) is 0 Å². The minimum Gasteiger partial charge on any atom is -0.333 e. The fraction of sp³-hybridized carbons (Fsp3) is 0.318. The predicted octanol–water partition coefficient (Wildman–Crippen LogP) is 4.09. The summed E-state index contributed by atoms with van der Waals surface area (Å²) in [7, 11) is 0. The second kappa shape index (κ2) is 10.8. The normalized spacial score (nSPS) is 12.0. The van der Waals surface area contributed by atoms with Gasteiger partial charge in [-0.05, 0) is 37.1 Å². The summed E-state index contributed by atoms with van der Waals surface area (Å²) in [6, 6.07) is 17.7. The van der Waals surface area contributed by atoms with Gasteiger partial charge in [0, 0.05) is 11.4 Å². The van der Waals surface area contributed by atoms with Crippen molar-refractivity contribution in [2.45, 2.75) is 43.5 Å². The van der Waals surface area contributed by atoms with Gasteiger partial charge in [-0.25, -0.2) is 0 Å². The Morgan fingerprint density at radius 2 is 1.31 bits per heavy atom. The van der Waals surface area contributed by atoms with E-state index in [1.54, 1.807) is 55.5 Å². The molecule has 1 unspecified atom stereocenters. The van der Waals surface area contributed by atoms with E-state index >= 15 is 0 Å². The highest BCUT2D eigenvalue weighted by molar-refractivity contribution is 9.10. The maximum Gasteiger partial charge on any atom is 0.259 e. The van der Waals surface area contributed by atoms with Crippen LogP contribution >= 0.6 is 15.9 Å². The summed E-state index contributed by atoms with van der Waals surface area (Å²) in [6.45, 7) is 3.65. The fourth-order valence-corrected chi connectivity index (χ4v) is 3.39. The quantitative estimate of drug-likeness (QED) is 0.389. The fourth-order valence-electron chi connectivity index (χ4n) is 2.82. The molecule has 0 bridgehead atoms. The Hall–Kier alpha value is -2.67. The highest BCUT2D eigenvalue weighted by Crippen LogP contribution is 2.20. The summed E-state index contributed by atoms with van der Waals surface area (Å²) in [5, 5.41) is 8.19. The molecule has 3 amide bonds. The van der Waals surface area contributed by atoms with E-state index in [2.05, 4.69) is 31.9 Å². The van der Waals surface area contributed by atoms with Crippen LogP contribution in [0.15, 0.2) is 60.7 Å². The lowest BCUT2D eigenvalue weighted by molar-refractivity contribution is -0.138. The molecule has 0 aliphatic heterocycles. The Kier molecular flexibility index (Phi) is 8.39. The Balaban J connectivity index is 2.34. The number of benzene rings is 2. The number of anilines is 2. The topological polar surface area (TPSA) is 87.3 Å². The van der Waals surface area contributed by atoms with Crippen LogP contribution in [0, 0.1) is 0 Å². The summed E-state index contributed by atoms with van der Waals surface area (Å²) in [5.41, 5.74) is -0.676. The zero-order chi connectivity index (χ0) is 21.3. The molecule has 2 aromatic carbocycles. The molecule has 0 saturated carbocycles. The molecular formula is C22H26BrN3O3. The number of amides is 3. The number of alkyl halides is 1. The molecule has 154 valence electrons. The predicted molar refractivity (Wildman–Crippen MR) is 119 cm³/mol. The van der Waals surface area contributed by atoms with Crippen LogP contribution in [0.5, 0.6) is 0 Å². The van der Waals surface area contributed by atoms with Gasteiger partial charge >= 0.3 is 0 Å². The number of hydrogen-bond acceptors (Lipinski definition) is 3. The highest BCUT2D eigenvalue weighted by atomic mass is 79.9. The molecule has 3 N–H and O–H groups in total. The van der Waals surface area contributed by atoms with Crippen LogP contribution in [-0.4, -0.2) is 28.1 Å². The Labute approximate surface area is 179 Å². The van der Waals surface area contributed by atoms with Crippen LogP contribution in [0.4, 0.5) is 11.4 Å². The molecule has 7 heteroatoms. The molecule has 0 radical (unpaired) electrons. The van der Waals surface area contributed by atoms with Gasteiger partial charge in [0.1, 0.15) is 0 Å². The first-order valence-electron chi connectivity index (χ1n) is 9.62. The van der Waals surface area contributed by atoms with Crippen molar-refractivity contribution in [2.75, 3.05) is 10.6 Å². The van der Waals surface area contributed by atoms with E-state index in [9.17, 15) is 14.4 Å². The number of carbonyl (C=O) groups is 3. The Morgan fingerprint density at radius 3 is 1.69 bits per heavy atom. The van der Waals surface area contributed by atoms with Crippen molar-refractivity contribution < 1.29 is 14.4 Å². The molecule has 0 aliphatic rings. The number of hydrogen-bond donors (Lipinski definition) is 3. The van der Waals surface area contributed by atoms with Crippen molar-refractivity contribution in [2.24, 2.45) is 0 Å². The molecule has 0 spiro atoms. The van der Waals surface area contributed by atoms with Crippen molar-refractivity contribution in [3.63, 3.8) is 0 Å². The van der Waals surface area contributed by atoms with E-state index in [1.165, 1.54) is 0 Å². The first-order valence-corrected chi connectivity index (χ1v) is 10.5. The van der Waals surface area contributed by atoms with Gasteiger partial charge < -0.3 is 16.0 Å². The van der Waals surface area contributed by atoms with Gasteiger partial charge in [-0.3, -0.25) is 14.4 Å². The molecule has 0 fully saturated rings. The van der Waals surface area contributed by atoms with Crippen LogP contribution < -0.4 is 16.0 Å². The summed E-state index contributed by atoms with van der Waals surface area (Å²) < 4.78 is 0. The molecule has 0 aliphatic carbocycles. The average molecular weight is 460 g/mol. The first-order chi connectivity index (χ1) is 13.9. The van der Waals surface area contributed by atoms with Crippen LogP contribution in [-0.2, 0) is 14.4 Å². The first kappa shape index (κ1) is 22.6. The van der Waals surface area contributed by atoms with Crippen LogP contribution in [0.25, 0.3) is 0 Å². The lowest BCUT2D eigenvalue weighted by atomic mass is 9.92. The lowest BCUT2D eigenvalue weighted by Gasteiger charge is -2.32. The number of rotatable bonds is 9. The van der Waals surface area contributed by atoms with Gasteiger partial charge in [0.2, 0.25) is 5.91 Å². The van der Waals surface area contributed by atoms with Crippen LogP contribution in [0.1, 0.15) is 33.1 Å². The van der Waals surface area contributed by atoms with Crippen molar-refractivity contribution in [1.29, 1.82) is 0 Å². The number of para-hydroxylation sites is 2. The number of halogens is 1. The van der Waals surface area contributed by atoms with Crippen molar-refractivity contribution >= 4 is 45.0 Å². The average Bonchev–Trinajstić information content (AvgIpc) is 2.73. The smallest absolute Gasteiger partial charge is 0.259 e. The van der Waals surface area contributed by atoms with E-state index < -0.39 is 28.1 Å². The molecule has 29 heavy (non-hydrogen) atoms. The largest absolute Gasteiger partial charge is 0.333 e. The maximum absolute atomic E-state index is 13.2. The number of carbonyl (C=O) groups excluding carboxylic acids is 3. The van der Waals surface area contributed by atoms with Gasteiger partial charge in [-0.15, -0.1) is 0 Å². The van der Waals surface area contributed by atoms with Crippen molar-refractivity contribution in [3.8, 4) is 0 Å². The highest BCUT2D eigenvalue weighted by Gasteiger charge is 2.46. The summed E-state index contributed by atoms with van der Waals surface area (Å²) in [4.78, 5) is 38.6. The van der Waals surface area contributed by atoms with Crippen LogP contribution in [0.2, 0.25) is 0 Å². The molecule has 2 aromatic rings. The van der Waals surface area contributed by atoms with E-state index in [0.29, 0.717) is 17.8 Å². The summed E-state index contributed by atoms with van der Waals surface area (Å²) in [6.07, 6.45) is 1.46. The van der Waals surface area contributed by atoms with E-state index in [1.807, 2.05) is 19.1 Å². The summed E-state index contributed by atoms with van der Waals surface area (Å²) >= 11 is 3.34. The molecule has 6 nitrogen and oxygen atoms in total.